The molecular weight excluding hydrogens is 663 g/mol. The molecule has 2 heterocycles. The highest BCUT2D eigenvalue weighted by Gasteiger charge is 2.44. The fraction of sp³-hybridized carbons (Fsp3) is 0.732. The minimum atomic E-state index is -0.0568. The van der Waals surface area contributed by atoms with Crippen LogP contribution in [0.5, 0.6) is 5.75 Å². The van der Waals surface area contributed by atoms with Crippen molar-refractivity contribution in [1.29, 1.82) is 0 Å². The topological polar surface area (TPSA) is 115 Å². The normalized spacial score (nSPS) is 24.5. The number of ether oxygens (including phenoxy) is 3. The molecule has 4 aliphatic rings. The van der Waals surface area contributed by atoms with Crippen LogP contribution >= 0.6 is 11.8 Å². The monoisotopic (exact) mass is 725 g/mol. The first-order valence-electron chi connectivity index (χ1n) is 19.7. The molecule has 3 amide bonds. The van der Waals surface area contributed by atoms with E-state index in [1.54, 1.807) is 0 Å². The average Bonchev–Trinajstić information content (AvgIpc) is 3.65. The van der Waals surface area contributed by atoms with E-state index >= 15 is 0 Å². The second kappa shape index (κ2) is 19.5. The number of hydrogen-bond acceptors (Lipinski definition) is 7. The van der Waals surface area contributed by atoms with Crippen LogP contribution in [0.4, 0.5) is 4.79 Å². The summed E-state index contributed by atoms with van der Waals surface area (Å²) < 4.78 is 17.7. The number of amides is 3. The van der Waals surface area contributed by atoms with Crippen molar-refractivity contribution >= 4 is 29.5 Å². The maximum absolute atomic E-state index is 12.9. The molecule has 51 heavy (non-hydrogen) atoms. The van der Waals surface area contributed by atoms with Crippen molar-refractivity contribution < 1.29 is 28.6 Å². The molecule has 0 radical (unpaired) electrons. The highest BCUT2D eigenvalue weighted by Crippen LogP contribution is 2.55. The van der Waals surface area contributed by atoms with Crippen molar-refractivity contribution in [3.63, 3.8) is 0 Å². The average molecular weight is 726 g/mol. The Balaban J connectivity index is 0.927. The number of carbonyl (C=O) groups is 3. The number of ketones is 1. The molecule has 2 aliphatic heterocycles. The number of nitrogens with one attached hydrogen (secondary N) is 3. The number of aryl methyl sites for hydroxylation is 1. The molecule has 5 atom stereocenters. The van der Waals surface area contributed by atoms with Gasteiger partial charge in [-0.2, -0.15) is 11.8 Å². The summed E-state index contributed by atoms with van der Waals surface area (Å²) in [6, 6.07) is 5.09. The van der Waals surface area contributed by atoms with Gasteiger partial charge in [-0.1, -0.05) is 57.7 Å². The zero-order valence-corrected chi connectivity index (χ0v) is 32.4. The third-order valence-electron chi connectivity index (χ3n) is 11.3. The van der Waals surface area contributed by atoms with Gasteiger partial charge >= 0.3 is 6.03 Å². The molecule has 1 aromatic rings. The van der Waals surface area contributed by atoms with Crippen LogP contribution in [0.3, 0.4) is 0 Å². The molecule has 1 aromatic carbocycles. The zero-order chi connectivity index (χ0) is 36.2. The Kier molecular flexibility index (Phi) is 15.2. The van der Waals surface area contributed by atoms with Crippen molar-refractivity contribution in [3.05, 3.63) is 40.5 Å². The van der Waals surface area contributed by atoms with Crippen LogP contribution in [-0.2, 0) is 31.9 Å². The molecule has 3 unspecified atom stereocenters. The third-order valence-corrected chi connectivity index (χ3v) is 12.8. The summed E-state index contributed by atoms with van der Waals surface area (Å²) in [5.41, 5.74) is 5.81. The second-order valence-electron chi connectivity index (χ2n) is 15.9. The number of fused-ring (bicyclic) bond motifs is 4. The summed E-state index contributed by atoms with van der Waals surface area (Å²) in [4.78, 5) is 36.6. The Hall–Kier alpha value is -2.56. The summed E-state index contributed by atoms with van der Waals surface area (Å²) in [6.07, 6.45) is 14.8. The van der Waals surface area contributed by atoms with E-state index in [2.05, 4.69) is 61.9 Å². The lowest BCUT2D eigenvalue weighted by atomic mass is 9.57. The van der Waals surface area contributed by atoms with Crippen LogP contribution in [0.25, 0.3) is 0 Å². The number of unbranched alkanes of at least 4 members (excludes halogenated alkanes) is 3. The van der Waals surface area contributed by atoms with Crippen molar-refractivity contribution in [3.8, 4) is 5.75 Å². The molecule has 5 rings (SSSR count). The summed E-state index contributed by atoms with van der Waals surface area (Å²) in [5, 5.41) is 9.34. The van der Waals surface area contributed by atoms with Gasteiger partial charge in [-0.15, -0.1) is 0 Å². The van der Waals surface area contributed by atoms with E-state index in [4.69, 9.17) is 14.2 Å². The van der Waals surface area contributed by atoms with Gasteiger partial charge in [0.2, 0.25) is 5.91 Å². The first-order valence-corrected chi connectivity index (χ1v) is 20.8. The molecule has 2 fully saturated rings. The Morgan fingerprint density at radius 3 is 2.65 bits per heavy atom. The van der Waals surface area contributed by atoms with Gasteiger partial charge in [-0.25, -0.2) is 4.79 Å². The molecule has 0 saturated carbocycles. The van der Waals surface area contributed by atoms with Crippen LogP contribution in [0, 0.1) is 11.3 Å². The van der Waals surface area contributed by atoms with Crippen molar-refractivity contribution in [2.75, 3.05) is 45.3 Å². The number of allylic oxidation sites excluding steroid dienone is 2. The van der Waals surface area contributed by atoms with E-state index in [0.29, 0.717) is 69.3 Å². The quantitative estimate of drug-likeness (QED) is 0.0668. The van der Waals surface area contributed by atoms with Crippen LogP contribution in [0.2, 0.25) is 0 Å². The summed E-state index contributed by atoms with van der Waals surface area (Å²) >= 11 is 1.91. The van der Waals surface area contributed by atoms with Gasteiger partial charge in [0.1, 0.15) is 12.4 Å². The van der Waals surface area contributed by atoms with Gasteiger partial charge in [0.05, 0.1) is 31.9 Å². The predicted molar refractivity (Wildman–Crippen MR) is 205 cm³/mol. The minimum absolute atomic E-state index is 0.0465. The molecule has 0 spiro atoms. The Bertz CT molecular complexity index is 1360. The highest BCUT2D eigenvalue weighted by atomic mass is 32.2. The van der Waals surface area contributed by atoms with Gasteiger partial charge in [-0.3, -0.25) is 9.59 Å². The molecule has 2 saturated heterocycles. The molecule has 3 N–H and O–H groups in total. The number of benzene rings is 1. The fourth-order valence-corrected chi connectivity index (χ4v) is 10.1. The maximum atomic E-state index is 12.9. The van der Waals surface area contributed by atoms with Crippen molar-refractivity contribution in [1.82, 2.24) is 16.0 Å². The first kappa shape index (κ1) is 39.6. The second-order valence-corrected chi connectivity index (χ2v) is 17.1. The summed E-state index contributed by atoms with van der Waals surface area (Å²) in [7, 11) is 0. The van der Waals surface area contributed by atoms with Crippen molar-refractivity contribution in [2.24, 2.45) is 11.3 Å². The molecule has 9 nitrogen and oxygen atoms in total. The van der Waals surface area contributed by atoms with E-state index in [1.807, 2.05) is 11.8 Å². The van der Waals surface area contributed by atoms with Crippen LogP contribution in [0.15, 0.2) is 23.8 Å². The van der Waals surface area contributed by atoms with E-state index in [-0.39, 0.29) is 41.8 Å². The van der Waals surface area contributed by atoms with Gasteiger partial charge < -0.3 is 30.2 Å². The minimum Gasteiger partial charge on any atom is -0.486 e. The lowest BCUT2D eigenvalue weighted by Gasteiger charge is -2.47. The molecule has 0 bridgehead atoms. The lowest BCUT2D eigenvalue weighted by Crippen LogP contribution is -2.38. The number of rotatable bonds is 22. The van der Waals surface area contributed by atoms with Gasteiger partial charge in [0.15, 0.2) is 5.78 Å². The molecule has 284 valence electrons. The first-order chi connectivity index (χ1) is 24.6. The molecular formula is C41H63N3O6S. The summed E-state index contributed by atoms with van der Waals surface area (Å²) in [6.45, 7) is 11.8. The van der Waals surface area contributed by atoms with Gasteiger partial charge in [-0.05, 0) is 92.7 Å². The van der Waals surface area contributed by atoms with Gasteiger partial charge in [0.25, 0.3) is 0 Å². The smallest absolute Gasteiger partial charge is 0.315 e. The maximum Gasteiger partial charge on any atom is 0.315 e. The number of thioether (sulfide) groups is 1. The van der Waals surface area contributed by atoms with Crippen LogP contribution < -0.4 is 20.7 Å². The number of Topliss-reactive ketones (excluding diaryl/α,β-unsaturated/α-hetero) is 1. The van der Waals surface area contributed by atoms with E-state index in [9.17, 15) is 14.4 Å². The highest BCUT2D eigenvalue weighted by molar-refractivity contribution is 8.00. The van der Waals surface area contributed by atoms with E-state index < -0.39 is 0 Å². The van der Waals surface area contributed by atoms with Crippen molar-refractivity contribution in [2.45, 2.75) is 134 Å². The zero-order valence-electron chi connectivity index (χ0n) is 31.6. The predicted octanol–water partition coefficient (Wildman–Crippen LogP) is 7.04. The Morgan fingerprint density at radius 1 is 1.00 bits per heavy atom. The lowest BCUT2D eigenvalue weighted by molar-refractivity contribution is -0.122. The van der Waals surface area contributed by atoms with E-state index in [0.717, 1.165) is 56.4 Å². The molecule has 10 heteroatoms. The fourth-order valence-electron chi connectivity index (χ4n) is 8.56. The third kappa shape index (κ3) is 11.5. The van der Waals surface area contributed by atoms with Crippen LogP contribution in [-0.4, -0.2) is 80.4 Å². The summed E-state index contributed by atoms with van der Waals surface area (Å²) in [5.74, 6) is 3.08. The standard InChI is InChI=1S/C41H63N3O6S/c1-5-6-7-11-29-23-30-25-41(3,4)33-16-15-28(2)22-32(33)38(30)35(24-29)50-26-31(45)12-10-18-48-20-21-49-19-17-42-37(46)14-9-8-13-36-39-34(27-51-36)43-40(47)44-39/h15,23-24,32-34,36,39H,5-14,16-22,25-27H2,1-4H3,(H,42,46)(H2,43,44,47)/t32-,33-,34?,36?,39?/m1/s1. The molecule has 2 aliphatic carbocycles. The van der Waals surface area contributed by atoms with Gasteiger partial charge in [0, 0.05) is 42.6 Å². The number of hydrogen-bond donors (Lipinski definition) is 3. The SMILES string of the molecule is CCCCCc1cc2c(c(OCC(=O)CCCOCCOCCNC(=O)CCCCC3SCC4NC(=O)NC43)c1)[C@@H]1CC(C)=CC[C@H]1C(C)(C)C2. The number of urea groups is 1. The Morgan fingerprint density at radius 2 is 1.82 bits per heavy atom. The molecule has 0 aromatic heterocycles. The van der Waals surface area contributed by atoms with Crippen LogP contribution in [0.1, 0.15) is 121 Å². The largest absolute Gasteiger partial charge is 0.486 e. The van der Waals surface area contributed by atoms with E-state index in [1.165, 1.54) is 41.5 Å². The Labute approximate surface area is 310 Å². The number of carbonyl (C=O) groups excluding carboxylic acids is 3.